The molecule has 2 heterocycles. The van der Waals surface area contributed by atoms with Crippen molar-refractivity contribution >= 4 is 82.5 Å². The minimum absolute atomic E-state index is 0.857. The number of rotatable bonds is 5. The standard InChI is InChI=1S/C50H31NO2/c1-2-12-35-30-37(23-22-32(35)10-1)36-13-7-14-39(31-36)51(45-19-8-18-43-42-16-5-6-20-46(42)52-50(43)45)38-27-24-34(25-28-38)40-17-9-21-47-48(40)44-29-26-33-11-3-4-15-41(33)49(44)53-47/h1-31H. The van der Waals surface area contributed by atoms with Crippen LogP contribution >= 0.6 is 0 Å². The third-order valence-electron chi connectivity index (χ3n) is 10.6. The van der Waals surface area contributed by atoms with E-state index in [9.17, 15) is 0 Å². The first-order valence-corrected chi connectivity index (χ1v) is 18.0. The highest BCUT2D eigenvalue weighted by molar-refractivity contribution is 6.19. The minimum Gasteiger partial charge on any atom is -0.455 e. The summed E-state index contributed by atoms with van der Waals surface area (Å²) in [6.07, 6.45) is 0. The van der Waals surface area contributed by atoms with Crippen molar-refractivity contribution in [3.05, 3.63) is 188 Å². The molecule has 11 rings (SSSR count). The molecule has 0 amide bonds. The molecule has 0 saturated heterocycles. The Labute approximate surface area is 305 Å². The van der Waals surface area contributed by atoms with Crippen LogP contribution in [-0.4, -0.2) is 0 Å². The normalized spacial score (nSPS) is 11.8. The molecular weight excluding hydrogens is 647 g/mol. The number of furan rings is 2. The first-order valence-electron chi connectivity index (χ1n) is 18.0. The smallest absolute Gasteiger partial charge is 0.159 e. The van der Waals surface area contributed by atoms with E-state index >= 15 is 0 Å². The van der Waals surface area contributed by atoms with Crippen molar-refractivity contribution in [1.82, 2.24) is 0 Å². The molecule has 0 N–H and O–H groups in total. The molecule has 0 aliphatic rings. The van der Waals surface area contributed by atoms with E-state index in [0.717, 1.165) is 83.0 Å². The summed E-state index contributed by atoms with van der Waals surface area (Å²) in [6, 6.07) is 66.8. The highest BCUT2D eigenvalue weighted by Crippen LogP contribution is 2.44. The molecular formula is C50H31NO2. The fourth-order valence-corrected chi connectivity index (χ4v) is 8.11. The number of nitrogens with zero attached hydrogens (tertiary/aromatic N) is 1. The van der Waals surface area contributed by atoms with Crippen molar-refractivity contribution in [2.45, 2.75) is 0 Å². The second-order valence-electron chi connectivity index (χ2n) is 13.7. The first kappa shape index (κ1) is 29.6. The maximum atomic E-state index is 6.62. The maximum Gasteiger partial charge on any atom is 0.159 e. The zero-order valence-electron chi connectivity index (χ0n) is 28.7. The molecule has 9 aromatic carbocycles. The summed E-state index contributed by atoms with van der Waals surface area (Å²) in [6.45, 7) is 0. The van der Waals surface area contributed by atoms with Crippen LogP contribution in [0.25, 0.3) is 87.7 Å². The molecule has 0 spiro atoms. The van der Waals surface area contributed by atoms with E-state index in [-0.39, 0.29) is 0 Å². The van der Waals surface area contributed by atoms with Gasteiger partial charge in [0, 0.05) is 38.3 Å². The summed E-state index contributed by atoms with van der Waals surface area (Å²) < 4.78 is 13.1. The largest absolute Gasteiger partial charge is 0.455 e. The van der Waals surface area contributed by atoms with Crippen molar-refractivity contribution in [2.75, 3.05) is 4.90 Å². The molecule has 3 heteroatoms. The SMILES string of the molecule is c1cc(-c2ccc3ccccc3c2)cc(N(c2ccc(-c3cccc4oc5c6ccccc6ccc5c34)cc2)c2cccc3c2oc2ccccc23)c1. The van der Waals surface area contributed by atoms with Gasteiger partial charge in [-0.15, -0.1) is 0 Å². The Balaban J connectivity index is 1.08. The van der Waals surface area contributed by atoms with Crippen LogP contribution in [0.2, 0.25) is 0 Å². The van der Waals surface area contributed by atoms with Crippen LogP contribution in [0.3, 0.4) is 0 Å². The van der Waals surface area contributed by atoms with Crippen LogP contribution in [-0.2, 0) is 0 Å². The Kier molecular flexibility index (Phi) is 6.55. The summed E-state index contributed by atoms with van der Waals surface area (Å²) in [5.74, 6) is 0. The van der Waals surface area contributed by atoms with Gasteiger partial charge in [0.15, 0.2) is 5.58 Å². The Morgan fingerprint density at radius 3 is 1.91 bits per heavy atom. The predicted octanol–water partition coefficient (Wildman–Crippen LogP) is 14.6. The second-order valence-corrected chi connectivity index (χ2v) is 13.7. The zero-order chi connectivity index (χ0) is 34.9. The topological polar surface area (TPSA) is 29.5 Å². The van der Waals surface area contributed by atoms with E-state index in [1.807, 2.05) is 12.1 Å². The van der Waals surface area contributed by atoms with E-state index in [2.05, 4.69) is 181 Å². The monoisotopic (exact) mass is 677 g/mol. The predicted molar refractivity (Wildman–Crippen MR) is 222 cm³/mol. The number of hydrogen-bond acceptors (Lipinski definition) is 3. The van der Waals surface area contributed by atoms with Gasteiger partial charge in [0.2, 0.25) is 0 Å². The molecule has 2 aromatic heterocycles. The molecule has 0 saturated carbocycles. The fourth-order valence-electron chi connectivity index (χ4n) is 8.11. The Hall–Kier alpha value is -7.10. The molecule has 0 atom stereocenters. The first-order chi connectivity index (χ1) is 26.3. The van der Waals surface area contributed by atoms with E-state index in [0.29, 0.717) is 0 Å². The quantitative estimate of drug-likeness (QED) is 0.182. The number of anilines is 3. The van der Waals surface area contributed by atoms with Crippen molar-refractivity contribution < 1.29 is 8.83 Å². The number of hydrogen-bond donors (Lipinski definition) is 0. The molecule has 0 radical (unpaired) electrons. The van der Waals surface area contributed by atoms with Crippen molar-refractivity contribution in [3.8, 4) is 22.3 Å². The van der Waals surface area contributed by atoms with Crippen LogP contribution in [0.15, 0.2) is 197 Å². The van der Waals surface area contributed by atoms with E-state index in [1.54, 1.807) is 0 Å². The molecule has 0 aliphatic carbocycles. The highest BCUT2D eigenvalue weighted by Gasteiger charge is 2.21. The summed E-state index contributed by atoms with van der Waals surface area (Å²) in [7, 11) is 0. The lowest BCUT2D eigenvalue weighted by atomic mass is 9.97. The molecule has 3 nitrogen and oxygen atoms in total. The lowest BCUT2D eigenvalue weighted by molar-refractivity contribution is 0.669. The van der Waals surface area contributed by atoms with Crippen molar-refractivity contribution in [1.29, 1.82) is 0 Å². The molecule has 0 fully saturated rings. The third-order valence-corrected chi connectivity index (χ3v) is 10.6. The fraction of sp³-hybridized carbons (Fsp3) is 0. The van der Waals surface area contributed by atoms with Crippen LogP contribution < -0.4 is 4.90 Å². The Morgan fingerprint density at radius 2 is 1.00 bits per heavy atom. The highest BCUT2D eigenvalue weighted by atomic mass is 16.3. The third kappa shape index (κ3) is 4.75. The van der Waals surface area contributed by atoms with Crippen LogP contribution in [0.4, 0.5) is 17.1 Å². The molecule has 53 heavy (non-hydrogen) atoms. The Morgan fingerprint density at radius 1 is 0.340 bits per heavy atom. The molecule has 0 aliphatic heterocycles. The minimum atomic E-state index is 0.857. The maximum absolute atomic E-state index is 6.62. The zero-order valence-corrected chi connectivity index (χ0v) is 28.7. The van der Waals surface area contributed by atoms with Gasteiger partial charge in [-0.25, -0.2) is 0 Å². The average molecular weight is 678 g/mol. The lowest BCUT2D eigenvalue weighted by Gasteiger charge is -2.26. The Bertz CT molecular complexity index is 3180. The van der Waals surface area contributed by atoms with Gasteiger partial charge in [0.1, 0.15) is 16.7 Å². The van der Waals surface area contributed by atoms with Crippen molar-refractivity contribution in [3.63, 3.8) is 0 Å². The summed E-state index contributed by atoms with van der Waals surface area (Å²) >= 11 is 0. The van der Waals surface area contributed by atoms with Gasteiger partial charge in [0.05, 0.1) is 5.69 Å². The number of benzene rings is 9. The number of para-hydroxylation sites is 2. The van der Waals surface area contributed by atoms with Gasteiger partial charge < -0.3 is 13.7 Å². The van der Waals surface area contributed by atoms with Crippen LogP contribution in [0, 0.1) is 0 Å². The molecule has 248 valence electrons. The van der Waals surface area contributed by atoms with Crippen LogP contribution in [0.1, 0.15) is 0 Å². The summed E-state index contributed by atoms with van der Waals surface area (Å²) in [4.78, 5) is 2.32. The van der Waals surface area contributed by atoms with Gasteiger partial charge in [-0.1, -0.05) is 133 Å². The molecule has 0 bridgehead atoms. The number of fused-ring (bicyclic) bond motifs is 9. The van der Waals surface area contributed by atoms with Gasteiger partial charge in [-0.05, 0) is 93.0 Å². The van der Waals surface area contributed by atoms with E-state index in [1.165, 1.54) is 21.7 Å². The van der Waals surface area contributed by atoms with Gasteiger partial charge in [0.25, 0.3) is 0 Å². The van der Waals surface area contributed by atoms with E-state index in [4.69, 9.17) is 8.83 Å². The second kappa shape index (κ2) is 11.7. The summed E-state index contributed by atoms with van der Waals surface area (Å²) in [5, 5.41) is 9.23. The van der Waals surface area contributed by atoms with Crippen molar-refractivity contribution in [2.24, 2.45) is 0 Å². The molecule has 11 aromatic rings. The van der Waals surface area contributed by atoms with Gasteiger partial charge >= 0.3 is 0 Å². The molecule has 0 unspecified atom stereocenters. The van der Waals surface area contributed by atoms with Gasteiger partial charge in [-0.2, -0.15) is 0 Å². The van der Waals surface area contributed by atoms with Gasteiger partial charge in [-0.3, -0.25) is 0 Å². The summed E-state index contributed by atoms with van der Waals surface area (Å²) in [5.41, 5.74) is 11.2. The van der Waals surface area contributed by atoms with E-state index < -0.39 is 0 Å². The lowest BCUT2D eigenvalue weighted by Crippen LogP contribution is -2.10. The average Bonchev–Trinajstić information content (AvgIpc) is 3.81. The van der Waals surface area contributed by atoms with Crippen LogP contribution in [0.5, 0.6) is 0 Å².